The summed E-state index contributed by atoms with van der Waals surface area (Å²) in [6.45, 7) is -0.301. The minimum atomic E-state index is -4.97. The summed E-state index contributed by atoms with van der Waals surface area (Å²) >= 11 is 0. The Morgan fingerprint density at radius 2 is 1.33 bits per heavy atom. The molecule has 0 aliphatic carbocycles. The van der Waals surface area contributed by atoms with Crippen LogP contribution in [0.1, 0.15) is 40.2 Å². The Kier molecular flexibility index (Phi) is 8.44. The smallest absolute Gasteiger partial charge is 0.373 e. The maximum atomic E-state index is 13.4. The van der Waals surface area contributed by atoms with E-state index in [-0.39, 0.29) is 37.1 Å². The standard InChI is InChI=1S/C28H27F6NO3S/c1-39(36,37)35-13-12-25(38-18-19-14-22(27(29,30)31)16-23(15-19)28(32,33)34)24(17-35)26(20-8-4-2-5-9-20)21-10-6-3-7-11-21/h2-11,14-16,24-26H,12-13,17-18H2,1H3/t24-,25+/m0/s1. The summed E-state index contributed by atoms with van der Waals surface area (Å²) in [6.07, 6.45) is -9.25. The first kappa shape index (κ1) is 29.1. The second-order valence-electron chi connectivity index (χ2n) is 9.64. The van der Waals surface area contributed by atoms with Crippen molar-refractivity contribution < 1.29 is 39.5 Å². The Morgan fingerprint density at radius 3 is 1.77 bits per heavy atom. The molecule has 1 saturated heterocycles. The third-order valence-corrected chi connectivity index (χ3v) is 8.15. The van der Waals surface area contributed by atoms with Crippen molar-refractivity contribution in [1.29, 1.82) is 0 Å². The molecule has 1 aliphatic heterocycles. The molecule has 4 nitrogen and oxygen atoms in total. The molecule has 1 heterocycles. The molecular weight excluding hydrogens is 544 g/mol. The van der Waals surface area contributed by atoms with Crippen LogP contribution >= 0.6 is 0 Å². The fourth-order valence-electron chi connectivity index (χ4n) is 5.07. The lowest BCUT2D eigenvalue weighted by Crippen LogP contribution is -2.48. The van der Waals surface area contributed by atoms with E-state index in [9.17, 15) is 34.8 Å². The SMILES string of the molecule is CS(=O)(=O)N1CC[C@@H](OCc2cc(C(F)(F)F)cc(C(F)(F)F)c2)[C@@H](C(c2ccccc2)c2ccccc2)C1. The number of nitrogens with zero attached hydrogens (tertiary/aromatic N) is 1. The molecule has 39 heavy (non-hydrogen) atoms. The zero-order chi connectivity index (χ0) is 28.4. The second-order valence-corrected chi connectivity index (χ2v) is 11.6. The summed E-state index contributed by atoms with van der Waals surface area (Å²) < 4.78 is 112. The predicted octanol–water partition coefficient (Wildman–Crippen LogP) is 6.72. The molecule has 1 aliphatic rings. The second kappa shape index (κ2) is 11.3. The summed E-state index contributed by atoms with van der Waals surface area (Å²) in [7, 11) is -3.56. The number of alkyl halides is 6. The molecule has 0 unspecified atom stereocenters. The van der Waals surface area contributed by atoms with Gasteiger partial charge in [0.1, 0.15) is 0 Å². The van der Waals surface area contributed by atoms with Crippen molar-refractivity contribution in [2.45, 2.75) is 37.4 Å². The van der Waals surface area contributed by atoms with Gasteiger partial charge in [0.15, 0.2) is 0 Å². The molecular formula is C28H27F6NO3S. The number of benzene rings is 3. The molecule has 0 N–H and O–H groups in total. The van der Waals surface area contributed by atoms with Crippen molar-refractivity contribution in [1.82, 2.24) is 4.31 Å². The molecule has 4 rings (SSSR count). The number of rotatable bonds is 7. The zero-order valence-electron chi connectivity index (χ0n) is 20.9. The van der Waals surface area contributed by atoms with Gasteiger partial charge < -0.3 is 4.74 Å². The molecule has 0 aromatic heterocycles. The Bertz CT molecular complexity index is 1290. The minimum absolute atomic E-state index is 0.0777. The molecule has 0 radical (unpaired) electrons. The molecule has 1 fully saturated rings. The van der Waals surface area contributed by atoms with Crippen molar-refractivity contribution in [2.75, 3.05) is 19.3 Å². The average Bonchev–Trinajstić information content (AvgIpc) is 2.87. The number of hydrogen-bond acceptors (Lipinski definition) is 3. The first-order valence-electron chi connectivity index (χ1n) is 12.2. The van der Waals surface area contributed by atoms with Crippen LogP contribution < -0.4 is 0 Å². The summed E-state index contributed by atoms with van der Waals surface area (Å²) in [5.74, 6) is -0.805. The van der Waals surface area contributed by atoms with Gasteiger partial charge >= 0.3 is 12.4 Å². The fraction of sp³-hybridized carbons (Fsp3) is 0.357. The normalized spacial score (nSPS) is 19.4. The highest BCUT2D eigenvalue weighted by Crippen LogP contribution is 2.40. The molecule has 0 spiro atoms. The van der Waals surface area contributed by atoms with Crippen LogP contribution in [0.3, 0.4) is 0 Å². The maximum absolute atomic E-state index is 13.4. The van der Waals surface area contributed by atoms with E-state index in [0.717, 1.165) is 17.4 Å². The Balaban J connectivity index is 1.71. The lowest BCUT2D eigenvalue weighted by atomic mass is 9.76. The monoisotopic (exact) mass is 571 g/mol. The highest BCUT2D eigenvalue weighted by Gasteiger charge is 2.40. The summed E-state index contributed by atoms with van der Waals surface area (Å²) in [4.78, 5) is 0. The predicted molar refractivity (Wildman–Crippen MR) is 134 cm³/mol. The number of sulfonamides is 1. The van der Waals surface area contributed by atoms with Gasteiger partial charge in [0.05, 0.1) is 30.1 Å². The third-order valence-electron chi connectivity index (χ3n) is 6.88. The van der Waals surface area contributed by atoms with Crippen molar-refractivity contribution >= 4 is 10.0 Å². The van der Waals surface area contributed by atoms with Crippen LogP contribution in [0, 0.1) is 5.92 Å². The van der Waals surface area contributed by atoms with Crippen LogP contribution in [0.4, 0.5) is 26.3 Å². The van der Waals surface area contributed by atoms with Crippen LogP contribution in [0.15, 0.2) is 78.9 Å². The van der Waals surface area contributed by atoms with Crippen LogP contribution in [-0.4, -0.2) is 38.2 Å². The summed E-state index contributed by atoms with van der Waals surface area (Å²) in [6, 6.07) is 20.1. The van der Waals surface area contributed by atoms with Gasteiger partial charge in [0.25, 0.3) is 0 Å². The lowest BCUT2D eigenvalue weighted by Gasteiger charge is -2.41. The van der Waals surface area contributed by atoms with Crippen molar-refractivity contribution in [3.63, 3.8) is 0 Å². The summed E-state index contributed by atoms with van der Waals surface area (Å²) in [5, 5.41) is 0. The van der Waals surface area contributed by atoms with Gasteiger partial charge in [-0.25, -0.2) is 12.7 Å². The van der Waals surface area contributed by atoms with E-state index in [0.29, 0.717) is 12.1 Å². The van der Waals surface area contributed by atoms with Crippen LogP contribution in [0.5, 0.6) is 0 Å². The molecule has 3 aromatic carbocycles. The average molecular weight is 572 g/mol. The number of halogens is 6. The van der Waals surface area contributed by atoms with Gasteiger partial charge in [0.2, 0.25) is 10.0 Å². The van der Waals surface area contributed by atoms with E-state index in [2.05, 4.69) is 0 Å². The van der Waals surface area contributed by atoms with Gasteiger partial charge in [0, 0.05) is 24.9 Å². The first-order chi connectivity index (χ1) is 18.2. The highest BCUT2D eigenvalue weighted by molar-refractivity contribution is 7.88. The van der Waals surface area contributed by atoms with Crippen molar-refractivity contribution in [3.8, 4) is 0 Å². The highest BCUT2D eigenvalue weighted by atomic mass is 32.2. The number of piperidine rings is 1. The zero-order valence-corrected chi connectivity index (χ0v) is 21.7. The molecule has 11 heteroatoms. The van der Waals surface area contributed by atoms with Gasteiger partial charge in [-0.15, -0.1) is 0 Å². The molecule has 0 amide bonds. The van der Waals surface area contributed by atoms with Gasteiger partial charge in [-0.05, 0) is 41.3 Å². The quantitative estimate of drug-likeness (QED) is 0.296. The van der Waals surface area contributed by atoms with Gasteiger partial charge in [-0.2, -0.15) is 26.3 Å². The van der Waals surface area contributed by atoms with E-state index in [4.69, 9.17) is 4.74 Å². The summed E-state index contributed by atoms with van der Waals surface area (Å²) in [5.41, 5.74) is -1.32. The van der Waals surface area contributed by atoms with Gasteiger partial charge in [-0.1, -0.05) is 60.7 Å². The van der Waals surface area contributed by atoms with E-state index in [1.54, 1.807) is 0 Å². The Hall–Kier alpha value is -2.89. The molecule has 2 atom stereocenters. The molecule has 0 saturated carbocycles. The first-order valence-corrected chi connectivity index (χ1v) is 14.0. The van der Waals surface area contributed by atoms with Gasteiger partial charge in [-0.3, -0.25) is 0 Å². The fourth-order valence-corrected chi connectivity index (χ4v) is 5.95. The Labute approximate surface area is 223 Å². The maximum Gasteiger partial charge on any atom is 0.416 e. The van der Waals surface area contributed by atoms with E-state index >= 15 is 0 Å². The number of hydrogen-bond donors (Lipinski definition) is 0. The van der Waals surface area contributed by atoms with Crippen molar-refractivity contribution in [2.24, 2.45) is 5.92 Å². The largest absolute Gasteiger partial charge is 0.416 e. The molecule has 0 bridgehead atoms. The minimum Gasteiger partial charge on any atom is -0.373 e. The van der Waals surface area contributed by atoms with E-state index in [1.165, 1.54) is 4.31 Å². The number of ether oxygens (including phenoxy) is 1. The Morgan fingerprint density at radius 1 is 0.846 bits per heavy atom. The molecule has 3 aromatic rings. The van der Waals surface area contributed by atoms with Crippen molar-refractivity contribution in [3.05, 3.63) is 107 Å². The topological polar surface area (TPSA) is 46.6 Å². The molecule has 210 valence electrons. The van der Waals surface area contributed by atoms with Crippen LogP contribution in [0.2, 0.25) is 0 Å². The lowest BCUT2D eigenvalue weighted by molar-refractivity contribution is -0.143. The third kappa shape index (κ3) is 7.20. The van der Waals surface area contributed by atoms with E-state index in [1.807, 2.05) is 60.7 Å². The van der Waals surface area contributed by atoms with Crippen LogP contribution in [-0.2, 0) is 33.7 Å². The van der Waals surface area contributed by atoms with Crippen LogP contribution in [0.25, 0.3) is 0 Å². The van der Waals surface area contributed by atoms with E-state index < -0.39 is 52.1 Å².